The van der Waals surface area contributed by atoms with E-state index >= 15 is 0 Å². The molecule has 1 aromatic heterocycles. The highest BCUT2D eigenvalue weighted by atomic mass is 16.6. The smallest absolute Gasteiger partial charge is 0.408 e. The van der Waals surface area contributed by atoms with E-state index in [0.717, 1.165) is 0 Å². The van der Waals surface area contributed by atoms with Crippen LogP contribution in [0.4, 0.5) is 5.69 Å². The van der Waals surface area contributed by atoms with Crippen molar-refractivity contribution < 1.29 is 14.1 Å². The van der Waals surface area contributed by atoms with Crippen LogP contribution >= 0.6 is 0 Å². The molecule has 8 nitrogen and oxygen atoms in total. The molecule has 140 valence electrons. The molecular formula is C19H19N3O5. The van der Waals surface area contributed by atoms with E-state index < -0.39 is 10.7 Å². The summed E-state index contributed by atoms with van der Waals surface area (Å²) in [7, 11) is 1.64. The van der Waals surface area contributed by atoms with Gasteiger partial charge in [0.05, 0.1) is 16.5 Å². The van der Waals surface area contributed by atoms with Crippen molar-refractivity contribution in [2.75, 3.05) is 7.05 Å². The number of aryl methyl sites for hydroxylation is 1. The average molecular weight is 369 g/mol. The summed E-state index contributed by atoms with van der Waals surface area (Å²) in [6.07, 6.45) is 0.110. The van der Waals surface area contributed by atoms with Crippen LogP contribution in [0.5, 0.6) is 0 Å². The summed E-state index contributed by atoms with van der Waals surface area (Å²) < 4.78 is 6.59. The Bertz CT molecular complexity index is 1050. The molecule has 3 rings (SSSR count). The van der Waals surface area contributed by atoms with Gasteiger partial charge in [0, 0.05) is 32.1 Å². The van der Waals surface area contributed by atoms with Crippen LogP contribution in [-0.2, 0) is 11.3 Å². The van der Waals surface area contributed by atoms with E-state index in [4.69, 9.17) is 4.42 Å². The lowest BCUT2D eigenvalue weighted by atomic mass is 10.1. The first-order valence-electron chi connectivity index (χ1n) is 8.47. The Balaban J connectivity index is 1.72. The third kappa shape index (κ3) is 3.74. The molecule has 0 aliphatic heterocycles. The maximum absolute atomic E-state index is 12.6. The molecule has 2 aromatic carbocycles. The van der Waals surface area contributed by atoms with Gasteiger partial charge in [0.25, 0.3) is 5.69 Å². The van der Waals surface area contributed by atoms with E-state index in [1.807, 2.05) is 0 Å². The van der Waals surface area contributed by atoms with E-state index in [1.165, 1.54) is 21.6 Å². The van der Waals surface area contributed by atoms with Gasteiger partial charge in [-0.05, 0) is 24.6 Å². The Morgan fingerprint density at radius 3 is 2.74 bits per heavy atom. The number of oxazole rings is 1. The van der Waals surface area contributed by atoms with Gasteiger partial charge in [-0.15, -0.1) is 0 Å². The Morgan fingerprint density at radius 1 is 1.26 bits per heavy atom. The summed E-state index contributed by atoms with van der Waals surface area (Å²) in [4.78, 5) is 36.5. The fraction of sp³-hybridized carbons (Fsp3) is 0.263. The molecular weight excluding hydrogens is 350 g/mol. The highest BCUT2D eigenvalue weighted by molar-refractivity contribution is 5.77. The number of hydrogen-bond acceptors (Lipinski definition) is 5. The fourth-order valence-electron chi connectivity index (χ4n) is 2.95. The third-order valence-electron chi connectivity index (χ3n) is 4.66. The second-order valence-electron chi connectivity index (χ2n) is 6.27. The van der Waals surface area contributed by atoms with Gasteiger partial charge in [0.1, 0.15) is 0 Å². The Labute approximate surface area is 154 Å². The first kappa shape index (κ1) is 18.4. The second kappa shape index (κ2) is 7.45. The van der Waals surface area contributed by atoms with Gasteiger partial charge in [-0.1, -0.05) is 24.3 Å². The normalized spacial score (nSPS) is 12.1. The second-order valence-corrected chi connectivity index (χ2v) is 6.27. The Morgan fingerprint density at radius 2 is 2.00 bits per heavy atom. The molecule has 0 aliphatic rings. The van der Waals surface area contributed by atoms with Crippen molar-refractivity contribution in [3.63, 3.8) is 0 Å². The molecule has 1 amide bonds. The van der Waals surface area contributed by atoms with Gasteiger partial charge in [0.2, 0.25) is 5.91 Å². The summed E-state index contributed by atoms with van der Waals surface area (Å²) in [6, 6.07) is 12.9. The van der Waals surface area contributed by atoms with Crippen molar-refractivity contribution >= 4 is 22.7 Å². The largest absolute Gasteiger partial charge is 0.419 e. The van der Waals surface area contributed by atoms with E-state index in [9.17, 15) is 19.7 Å². The number of nitrogens with zero attached hydrogens (tertiary/aromatic N) is 3. The molecule has 1 heterocycles. The van der Waals surface area contributed by atoms with Crippen LogP contribution in [0.15, 0.2) is 57.7 Å². The predicted octanol–water partition coefficient (Wildman–Crippen LogP) is 3.11. The molecule has 0 bridgehead atoms. The van der Waals surface area contributed by atoms with E-state index in [2.05, 4.69) is 0 Å². The van der Waals surface area contributed by atoms with Crippen LogP contribution in [0, 0.1) is 10.1 Å². The van der Waals surface area contributed by atoms with Crippen LogP contribution in [0.2, 0.25) is 0 Å². The Kier molecular flexibility index (Phi) is 5.07. The summed E-state index contributed by atoms with van der Waals surface area (Å²) in [5.41, 5.74) is 1.78. The van der Waals surface area contributed by atoms with Gasteiger partial charge in [-0.3, -0.25) is 19.5 Å². The van der Waals surface area contributed by atoms with Gasteiger partial charge in [0.15, 0.2) is 5.58 Å². The maximum atomic E-state index is 12.6. The first-order chi connectivity index (χ1) is 12.9. The number of fused-ring (bicyclic) bond motifs is 1. The summed E-state index contributed by atoms with van der Waals surface area (Å²) in [5, 5.41) is 10.9. The molecule has 3 aromatic rings. The molecule has 0 saturated heterocycles. The van der Waals surface area contributed by atoms with Gasteiger partial charge in [-0.25, -0.2) is 4.79 Å². The molecule has 8 heteroatoms. The number of benzene rings is 2. The van der Waals surface area contributed by atoms with Crippen LogP contribution in [0.1, 0.15) is 24.9 Å². The van der Waals surface area contributed by atoms with Crippen LogP contribution in [0.25, 0.3) is 11.1 Å². The molecule has 0 spiro atoms. The quantitative estimate of drug-likeness (QED) is 0.491. The summed E-state index contributed by atoms with van der Waals surface area (Å²) in [5.74, 6) is -0.676. The summed E-state index contributed by atoms with van der Waals surface area (Å²) >= 11 is 0. The average Bonchev–Trinajstić information content (AvgIpc) is 3.00. The number of nitro groups is 1. The van der Waals surface area contributed by atoms with Gasteiger partial charge >= 0.3 is 5.76 Å². The molecule has 0 saturated carbocycles. The van der Waals surface area contributed by atoms with Crippen LogP contribution < -0.4 is 5.76 Å². The third-order valence-corrected chi connectivity index (χ3v) is 4.66. The minimum Gasteiger partial charge on any atom is -0.408 e. The monoisotopic (exact) mass is 369 g/mol. The lowest BCUT2D eigenvalue weighted by Crippen LogP contribution is -2.31. The number of rotatable bonds is 6. The molecule has 0 aliphatic carbocycles. The molecule has 0 radical (unpaired) electrons. The van der Waals surface area contributed by atoms with Crippen molar-refractivity contribution in [2.24, 2.45) is 0 Å². The molecule has 27 heavy (non-hydrogen) atoms. The fourth-order valence-corrected chi connectivity index (χ4v) is 2.95. The maximum Gasteiger partial charge on any atom is 0.419 e. The minimum absolute atomic E-state index is 0.0170. The van der Waals surface area contributed by atoms with Crippen molar-refractivity contribution in [2.45, 2.75) is 25.9 Å². The van der Waals surface area contributed by atoms with Crippen LogP contribution in [-0.4, -0.2) is 27.3 Å². The van der Waals surface area contributed by atoms with Crippen LogP contribution in [0.3, 0.4) is 0 Å². The van der Waals surface area contributed by atoms with E-state index in [1.54, 1.807) is 50.4 Å². The molecule has 1 unspecified atom stereocenters. The first-order valence-corrected chi connectivity index (χ1v) is 8.47. The minimum atomic E-state index is -0.501. The predicted molar refractivity (Wildman–Crippen MR) is 99.4 cm³/mol. The lowest BCUT2D eigenvalue weighted by molar-refractivity contribution is -0.384. The van der Waals surface area contributed by atoms with Gasteiger partial charge in [-0.2, -0.15) is 0 Å². The van der Waals surface area contributed by atoms with Gasteiger partial charge < -0.3 is 9.32 Å². The van der Waals surface area contributed by atoms with Crippen molar-refractivity contribution in [3.05, 3.63) is 74.8 Å². The number of hydrogen-bond donors (Lipinski definition) is 0. The number of carbonyl (C=O) groups excluding carboxylic acids is 1. The number of nitro benzene ring substituents is 1. The number of carbonyl (C=O) groups is 1. The SMILES string of the molecule is CC(c1cccc([N+](=O)[O-])c1)N(C)C(=O)CCn1c(=O)oc2ccccc21. The number of non-ortho nitro benzene ring substituents is 1. The van der Waals surface area contributed by atoms with Crippen molar-refractivity contribution in [3.8, 4) is 0 Å². The zero-order valence-corrected chi connectivity index (χ0v) is 15.0. The molecule has 0 N–H and O–H groups in total. The number of aromatic nitrogens is 1. The topological polar surface area (TPSA) is 98.6 Å². The highest BCUT2D eigenvalue weighted by Gasteiger charge is 2.20. The molecule has 0 fully saturated rings. The van der Waals surface area contributed by atoms with Crippen molar-refractivity contribution in [1.29, 1.82) is 0 Å². The van der Waals surface area contributed by atoms with Crippen molar-refractivity contribution in [1.82, 2.24) is 9.47 Å². The lowest BCUT2D eigenvalue weighted by Gasteiger charge is -2.25. The van der Waals surface area contributed by atoms with E-state index in [0.29, 0.717) is 16.7 Å². The zero-order chi connectivity index (χ0) is 19.6. The number of para-hydroxylation sites is 2. The van der Waals surface area contributed by atoms with E-state index in [-0.39, 0.29) is 30.6 Å². The standard InChI is InChI=1S/C19H19N3O5/c1-13(14-6-5-7-15(12-14)22(25)26)20(2)18(23)10-11-21-16-8-3-4-9-17(16)27-19(21)24/h3-9,12-13H,10-11H2,1-2H3. The zero-order valence-electron chi connectivity index (χ0n) is 15.0. The summed E-state index contributed by atoms with van der Waals surface area (Å²) in [6.45, 7) is 2.00. The highest BCUT2D eigenvalue weighted by Crippen LogP contribution is 2.23. The number of amides is 1. The molecule has 1 atom stereocenters. The Hall–Kier alpha value is -3.42.